The minimum Gasteiger partial charge on any atom is -0.325 e. The average Bonchev–Trinajstić information content (AvgIpc) is 2.96. The molecule has 4 aromatic rings. The Hall–Kier alpha value is -4.40. The molecule has 0 fully saturated rings. The number of hydrogen-bond donors (Lipinski definition) is 3. The first-order chi connectivity index (χ1) is 19.3. The van der Waals surface area contributed by atoms with Crippen molar-refractivity contribution in [1.29, 1.82) is 0 Å². The van der Waals surface area contributed by atoms with Crippen LogP contribution in [-0.2, 0) is 9.59 Å². The number of amides is 3. The van der Waals surface area contributed by atoms with Crippen LogP contribution in [0.25, 0.3) is 6.08 Å². The van der Waals surface area contributed by atoms with Crippen LogP contribution in [0.3, 0.4) is 0 Å². The fraction of sp³-hybridized carbons (Fsp3) is 0.0968. The van der Waals surface area contributed by atoms with Crippen molar-refractivity contribution in [2.45, 2.75) is 24.0 Å². The number of aromatic nitrogens is 1. The second kappa shape index (κ2) is 13.6. The van der Waals surface area contributed by atoms with Gasteiger partial charge in [0.2, 0.25) is 5.91 Å². The van der Waals surface area contributed by atoms with Gasteiger partial charge in [0, 0.05) is 39.3 Å². The normalized spacial score (nSPS) is 11.8. The lowest BCUT2D eigenvalue weighted by Gasteiger charge is -2.14. The summed E-state index contributed by atoms with van der Waals surface area (Å²) in [6.45, 7) is 3.72. The molecule has 4 rings (SSSR count). The number of thioether (sulfide) groups is 1. The predicted octanol–water partition coefficient (Wildman–Crippen LogP) is 6.57. The van der Waals surface area contributed by atoms with Crippen molar-refractivity contribution in [1.82, 2.24) is 10.3 Å². The molecule has 7 nitrogen and oxygen atoms in total. The van der Waals surface area contributed by atoms with Crippen LogP contribution < -0.4 is 16.0 Å². The zero-order valence-electron chi connectivity index (χ0n) is 21.9. The molecule has 0 radical (unpaired) electrons. The van der Waals surface area contributed by atoms with Crippen LogP contribution in [0, 0.1) is 6.92 Å². The summed E-state index contributed by atoms with van der Waals surface area (Å²) in [5, 5.41) is 8.63. The van der Waals surface area contributed by atoms with E-state index in [1.807, 2.05) is 38.1 Å². The number of hydrogen-bond acceptors (Lipinski definition) is 5. The lowest BCUT2D eigenvalue weighted by molar-refractivity contribution is -0.115. The van der Waals surface area contributed by atoms with E-state index in [2.05, 4.69) is 20.9 Å². The Morgan fingerprint density at radius 3 is 2.38 bits per heavy atom. The van der Waals surface area contributed by atoms with Gasteiger partial charge in [-0.15, -0.1) is 11.8 Å². The molecule has 1 unspecified atom stereocenters. The number of aryl methyl sites for hydroxylation is 1. The molecule has 9 heteroatoms. The Morgan fingerprint density at radius 2 is 1.68 bits per heavy atom. The maximum atomic E-state index is 13.2. The Labute approximate surface area is 242 Å². The van der Waals surface area contributed by atoms with Crippen LogP contribution in [0.5, 0.6) is 0 Å². The van der Waals surface area contributed by atoms with Crippen molar-refractivity contribution >= 4 is 58.5 Å². The summed E-state index contributed by atoms with van der Waals surface area (Å²) >= 11 is 7.45. The summed E-state index contributed by atoms with van der Waals surface area (Å²) in [5.41, 5.74) is 3.30. The Bertz CT molecular complexity index is 1530. The Balaban J connectivity index is 1.41. The fourth-order valence-electron chi connectivity index (χ4n) is 3.61. The van der Waals surface area contributed by atoms with Gasteiger partial charge in [-0.05, 0) is 85.6 Å². The van der Waals surface area contributed by atoms with Crippen molar-refractivity contribution in [2.75, 3.05) is 10.6 Å². The van der Waals surface area contributed by atoms with E-state index in [1.165, 1.54) is 11.8 Å². The molecule has 40 heavy (non-hydrogen) atoms. The van der Waals surface area contributed by atoms with Crippen LogP contribution in [0.2, 0.25) is 5.02 Å². The van der Waals surface area contributed by atoms with E-state index in [0.29, 0.717) is 27.5 Å². The van der Waals surface area contributed by atoms with Crippen LogP contribution in [0.15, 0.2) is 108 Å². The summed E-state index contributed by atoms with van der Waals surface area (Å²) < 4.78 is 0. The molecule has 0 spiro atoms. The number of carbonyl (C=O) groups is 3. The predicted molar refractivity (Wildman–Crippen MR) is 161 cm³/mol. The minimum atomic E-state index is -0.488. The van der Waals surface area contributed by atoms with Crippen LogP contribution in [-0.4, -0.2) is 28.0 Å². The molecule has 1 atom stereocenters. The molecular formula is C31H27ClN4O3S. The molecule has 202 valence electrons. The van der Waals surface area contributed by atoms with Gasteiger partial charge in [0.25, 0.3) is 11.8 Å². The zero-order chi connectivity index (χ0) is 28.5. The third kappa shape index (κ3) is 8.05. The smallest absolute Gasteiger partial charge is 0.272 e. The van der Waals surface area contributed by atoms with Crippen LogP contribution in [0.4, 0.5) is 11.4 Å². The highest BCUT2D eigenvalue weighted by Gasteiger charge is 2.17. The summed E-state index contributed by atoms with van der Waals surface area (Å²) in [4.78, 5) is 43.6. The zero-order valence-corrected chi connectivity index (χ0v) is 23.4. The third-order valence-corrected chi connectivity index (χ3v) is 7.12. The number of pyridine rings is 1. The van der Waals surface area contributed by atoms with Crippen LogP contribution in [0.1, 0.15) is 28.4 Å². The lowest BCUT2D eigenvalue weighted by atomic mass is 10.2. The highest BCUT2D eigenvalue weighted by molar-refractivity contribution is 8.00. The van der Waals surface area contributed by atoms with E-state index in [0.717, 1.165) is 10.5 Å². The van der Waals surface area contributed by atoms with Gasteiger partial charge in [-0.25, -0.2) is 0 Å². The lowest BCUT2D eigenvalue weighted by Crippen LogP contribution is -2.30. The monoisotopic (exact) mass is 570 g/mol. The van der Waals surface area contributed by atoms with Gasteiger partial charge in [-0.3, -0.25) is 19.4 Å². The molecule has 1 aromatic heterocycles. The van der Waals surface area contributed by atoms with Gasteiger partial charge in [0.1, 0.15) is 5.70 Å². The molecule has 0 saturated heterocycles. The number of benzene rings is 3. The van der Waals surface area contributed by atoms with Gasteiger partial charge in [-0.1, -0.05) is 41.9 Å². The van der Waals surface area contributed by atoms with Gasteiger partial charge < -0.3 is 16.0 Å². The molecule has 0 bridgehead atoms. The standard InChI is InChI=1S/C31H27ClN4O3S/c1-20-10-11-24(32)18-27(20)35-29(37)21(2)40-26-14-12-25(13-15-26)34-31(39)28(17-22-7-6-16-33-19-22)36-30(38)23-8-4-3-5-9-23/h3-19,21H,1-2H3,(H,34,39)(H,35,37)(H,36,38)/b28-17-. The number of halogens is 1. The summed E-state index contributed by atoms with van der Waals surface area (Å²) in [6.07, 6.45) is 4.79. The van der Waals surface area contributed by atoms with Crippen molar-refractivity contribution in [2.24, 2.45) is 0 Å². The first kappa shape index (κ1) is 28.6. The van der Waals surface area contributed by atoms with Gasteiger partial charge in [0.15, 0.2) is 0 Å². The van der Waals surface area contributed by atoms with E-state index >= 15 is 0 Å². The van der Waals surface area contributed by atoms with Gasteiger partial charge in [0.05, 0.1) is 5.25 Å². The quantitative estimate of drug-likeness (QED) is 0.156. The molecule has 3 N–H and O–H groups in total. The summed E-state index contributed by atoms with van der Waals surface area (Å²) in [7, 11) is 0. The number of nitrogens with one attached hydrogen (secondary N) is 3. The third-order valence-electron chi connectivity index (χ3n) is 5.78. The maximum Gasteiger partial charge on any atom is 0.272 e. The van der Waals surface area contributed by atoms with E-state index in [4.69, 9.17) is 11.6 Å². The molecule has 0 aliphatic heterocycles. The van der Waals surface area contributed by atoms with E-state index in [1.54, 1.807) is 79.1 Å². The Morgan fingerprint density at radius 1 is 0.925 bits per heavy atom. The number of nitrogens with zero attached hydrogens (tertiary/aromatic N) is 1. The van der Waals surface area contributed by atoms with Crippen molar-refractivity contribution in [3.05, 3.63) is 125 Å². The first-order valence-corrected chi connectivity index (χ1v) is 13.7. The van der Waals surface area contributed by atoms with Crippen molar-refractivity contribution < 1.29 is 14.4 Å². The molecular weight excluding hydrogens is 544 g/mol. The average molecular weight is 571 g/mol. The summed E-state index contributed by atoms with van der Waals surface area (Å²) in [5.74, 6) is -1.04. The SMILES string of the molecule is Cc1ccc(Cl)cc1NC(=O)C(C)Sc1ccc(NC(=O)/C(=C/c2cccnc2)NC(=O)c2ccccc2)cc1. The fourth-order valence-corrected chi connectivity index (χ4v) is 4.65. The molecule has 0 saturated carbocycles. The van der Waals surface area contributed by atoms with Crippen molar-refractivity contribution in [3.63, 3.8) is 0 Å². The molecule has 0 aliphatic rings. The second-order valence-electron chi connectivity index (χ2n) is 8.85. The molecule has 3 aromatic carbocycles. The highest BCUT2D eigenvalue weighted by Crippen LogP contribution is 2.27. The first-order valence-electron chi connectivity index (χ1n) is 12.4. The van der Waals surface area contributed by atoms with Gasteiger partial charge >= 0.3 is 0 Å². The second-order valence-corrected chi connectivity index (χ2v) is 10.7. The maximum absolute atomic E-state index is 13.2. The largest absolute Gasteiger partial charge is 0.325 e. The molecule has 1 heterocycles. The topological polar surface area (TPSA) is 100 Å². The highest BCUT2D eigenvalue weighted by atomic mass is 35.5. The van der Waals surface area contributed by atoms with E-state index in [9.17, 15) is 14.4 Å². The number of anilines is 2. The molecule has 3 amide bonds. The number of carbonyl (C=O) groups excluding carboxylic acids is 3. The van der Waals surface area contributed by atoms with Crippen LogP contribution >= 0.6 is 23.4 Å². The van der Waals surface area contributed by atoms with E-state index in [-0.39, 0.29) is 16.9 Å². The Kier molecular flexibility index (Phi) is 9.72. The van der Waals surface area contributed by atoms with Crippen molar-refractivity contribution in [3.8, 4) is 0 Å². The number of rotatable bonds is 9. The minimum absolute atomic E-state index is 0.0712. The molecule has 0 aliphatic carbocycles. The summed E-state index contributed by atoms with van der Waals surface area (Å²) in [6, 6.07) is 24.7. The van der Waals surface area contributed by atoms with E-state index < -0.39 is 11.8 Å². The van der Waals surface area contributed by atoms with Gasteiger partial charge in [-0.2, -0.15) is 0 Å².